The fourth-order valence-electron chi connectivity index (χ4n) is 5.60. The summed E-state index contributed by atoms with van der Waals surface area (Å²) in [7, 11) is 0. The summed E-state index contributed by atoms with van der Waals surface area (Å²) in [5, 5.41) is 19.1. The number of likely N-dealkylation sites (tertiary alicyclic amines) is 1. The van der Waals surface area contributed by atoms with Crippen molar-refractivity contribution in [2.45, 2.75) is 57.2 Å². The first-order chi connectivity index (χ1) is 23.0. The molecule has 48 heavy (non-hydrogen) atoms. The molecule has 1 aliphatic carbocycles. The number of hydrogen-bond donors (Lipinski definition) is 3. The Balaban J connectivity index is 1.29. The van der Waals surface area contributed by atoms with Crippen molar-refractivity contribution in [1.29, 1.82) is 0 Å². The molecule has 0 spiro atoms. The number of amides is 5. The Morgan fingerprint density at radius 3 is 2.42 bits per heavy atom. The van der Waals surface area contributed by atoms with Crippen LogP contribution in [0.4, 0.5) is 9.18 Å². The second-order valence-electron chi connectivity index (χ2n) is 11.7. The van der Waals surface area contributed by atoms with Crippen LogP contribution >= 0.6 is 0 Å². The zero-order valence-corrected chi connectivity index (χ0v) is 26.4. The van der Waals surface area contributed by atoms with Gasteiger partial charge in [0.25, 0.3) is 11.8 Å². The van der Waals surface area contributed by atoms with Crippen LogP contribution in [0.15, 0.2) is 30.3 Å². The van der Waals surface area contributed by atoms with Crippen LogP contribution in [-0.2, 0) is 23.9 Å². The van der Waals surface area contributed by atoms with E-state index in [-0.39, 0.29) is 62.0 Å². The molecule has 3 N–H and O–H groups in total. The Labute approximate surface area is 275 Å². The number of rotatable bonds is 12. The van der Waals surface area contributed by atoms with Crippen LogP contribution in [0.5, 0.6) is 5.88 Å². The number of halogens is 1. The van der Waals surface area contributed by atoms with Crippen molar-refractivity contribution in [1.82, 2.24) is 35.1 Å². The molecule has 5 rings (SSSR count). The summed E-state index contributed by atoms with van der Waals surface area (Å²) >= 11 is 0. The Kier molecular flexibility index (Phi) is 10.8. The average Bonchev–Trinajstić information content (AvgIpc) is 3.55. The standard InChI is InChI=1S/C31H38FN7O9/c1-2-47-31(46)37-13-11-36(12-14-37)30(45)23(17-27(41)42)34-28(43)22-16-26(39(35-22)21-6-3-5-19(32)15-21)48-18-25(40)38-10-4-7-24(38)29(44)33-20-8-9-20/h3,5-6,15-16,20,23-24H,2,4,7-14,17-18H2,1H3,(H,33,44)(H,34,43)(H,41,42)/t23?,24-/m0/s1. The third kappa shape index (κ3) is 8.38. The fourth-order valence-corrected chi connectivity index (χ4v) is 5.60. The maximum atomic E-state index is 14.2. The predicted molar refractivity (Wildman–Crippen MR) is 164 cm³/mol. The predicted octanol–water partition coefficient (Wildman–Crippen LogP) is 0.534. The Bertz CT molecular complexity index is 1550. The summed E-state index contributed by atoms with van der Waals surface area (Å²) in [4.78, 5) is 80.5. The van der Waals surface area contributed by atoms with E-state index in [0.29, 0.717) is 19.4 Å². The molecule has 16 nitrogen and oxygen atoms in total. The summed E-state index contributed by atoms with van der Waals surface area (Å²) in [5.41, 5.74) is -0.128. The number of carbonyl (C=O) groups is 6. The van der Waals surface area contributed by atoms with E-state index in [4.69, 9.17) is 9.47 Å². The molecule has 2 saturated heterocycles. The molecule has 2 aromatic rings. The second kappa shape index (κ2) is 15.1. The van der Waals surface area contributed by atoms with Gasteiger partial charge >= 0.3 is 12.1 Å². The van der Waals surface area contributed by atoms with Crippen molar-refractivity contribution in [3.05, 3.63) is 41.8 Å². The first kappa shape index (κ1) is 34.1. The Hall–Kier alpha value is -5.22. The van der Waals surface area contributed by atoms with Gasteiger partial charge in [-0.3, -0.25) is 24.0 Å². The maximum absolute atomic E-state index is 14.2. The number of carboxylic acids is 1. The quantitative estimate of drug-likeness (QED) is 0.287. The van der Waals surface area contributed by atoms with Gasteiger partial charge in [0, 0.05) is 44.8 Å². The minimum absolute atomic E-state index is 0.101. The van der Waals surface area contributed by atoms with Crippen molar-refractivity contribution >= 4 is 35.7 Å². The molecule has 2 atom stereocenters. The molecule has 1 aromatic heterocycles. The average molecular weight is 672 g/mol. The monoisotopic (exact) mass is 671 g/mol. The fraction of sp³-hybridized carbons (Fsp3) is 0.516. The SMILES string of the molecule is CCOC(=O)N1CCN(C(=O)C(CC(=O)O)NC(=O)c2cc(OCC(=O)N3CCC[C@H]3C(=O)NC3CC3)n(-c3cccc(F)c3)n2)CC1. The molecule has 0 bridgehead atoms. The Morgan fingerprint density at radius 2 is 1.75 bits per heavy atom. The van der Waals surface area contributed by atoms with Gasteiger partial charge in [0.15, 0.2) is 12.3 Å². The topological polar surface area (TPSA) is 193 Å². The number of nitrogens with zero attached hydrogens (tertiary/aromatic N) is 5. The molecular weight excluding hydrogens is 633 g/mol. The summed E-state index contributed by atoms with van der Waals surface area (Å²) in [6.07, 6.45) is 1.75. The molecule has 5 amide bonds. The Morgan fingerprint density at radius 1 is 1.02 bits per heavy atom. The lowest BCUT2D eigenvalue weighted by Crippen LogP contribution is -2.56. The lowest BCUT2D eigenvalue weighted by molar-refractivity contribution is -0.143. The van der Waals surface area contributed by atoms with Crippen LogP contribution in [0.25, 0.3) is 5.69 Å². The first-order valence-corrected chi connectivity index (χ1v) is 15.9. The molecule has 2 aliphatic heterocycles. The van der Waals surface area contributed by atoms with Crippen molar-refractivity contribution in [2.24, 2.45) is 0 Å². The van der Waals surface area contributed by atoms with Crippen LogP contribution in [0.2, 0.25) is 0 Å². The summed E-state index contributed by atoms with van der Waals surface area (Å²) in [6, 6.07) is 4.50. The van der Waals surface area contributed by atoms with Gasteiger partial charge in [-0.05, 0) is 50.8 Å². The van der Waals surface area contributed by atoms with Crippen molar-refractivity contribution < 1.29 is 47.7 Å². The van der Waals surface area contributed by atoms with Crippen LogP contribution in [0, 0.1) is 5.82 Å². The van der Waals surface area contributed by atoms with Crippen LogP contribution in [0.1, 0.15) is 49.5 Å². The van der Waals surface area contributed by atoms with E-state index in [1.165, 1.54) is 39.0 Å². The molecule has 1 aromatic carbocycles. The highest BCUT2D eigenvalue weighted by molar-refractivity contribution is 5.97. The van der Waals surface area contributed by atoms with Gasteiger partial charge in [-0.15, -0.1) is 0 Å². The van der Waals surface area contributed by atoms with Gasteiger partial charge in [0.1, 0.15) is 17.9 Å². The van der Waals surface area contributed by atoms with Crippen molar-refractivity contribution in [3.63, 3.8) is 0 Å². The smallest absolute Gasteiger partial charge is 0.409 e. The highest BCUT2D eigenvalue weighted by Crippen LogP contribution is 2.24. The third-order valence-electron chi connectivity index (χ3n) is 8.20. The summed E-state index contributed by atoms with van der Waals surface area (Å²) in [5.74, 6) is -4.29. The van der Waals surface area contributed by atoms with Crippen LogP contribution in [0.3, 0.4) is 0 Å². The number of benzene rings is 1. The highest BCUT2D eigenvalue weighted by atomic mass is 19.1. The first-order valence-electron chi connectivity index (χ1n) is 15.9. The minimum Gasteiger partial charge on any atom is -0.481 e. The zero-order valence-electron chi connectivity index (χ0n) is 26.4. The number of ether oxygens (including phenoxy) is 2. The van der Waals surface area contributed by atoms with Crippen LogP contribution < -0.4 is 15.4 Å². The number of piperazine rings is 1. The van der Waals surface area contributed by atoms with E-state index in [0.717, 1.165) is 23.6 Å². The number of carboxylic acid groups (broad SMARTS) is 1. The number of nitrogens with one attached hydrogen (secondary N) is 2. The van der Waals surface area contributed by atoms with Gasteiger partial charge in [-0.1, -0.05) is 6.07 Å². The van der Waals surface area contributed by atoms with E-state index in [1.807, 2.05) is 0 Å². The van der Waals surface area contributed by atoms with E-state index >= 15 is 0 Å². The lowest BCUT2D eigenvalue weighted by Gasteiger charge is -2.35. The largest absolute Gasteiger partial charge is 0.481 e. The van der Waals surface area contributed by atoms with Crippen molar-refractivity contribution in [2.75, 3.05) is 45.9 Å². The number of hydrogen-bond acceptors (Lipinski definition) is 9. The number of aliphatic carboxylic acids is 1. The second-order valence-corrected chi connectivity index (χ2v) is 11.7. The number of carbonyl (C=O) groups excluding carboxylic acids is 5. The van der Waals surface area contributed by atoms with E-state index in [9.17, 15) is 38.3 Å². The van der Waals surface area contributed by atoms with Crippen molar-refractivity contribution in [3.8, 4) is 11.6 Å². The molecular formula is C31H38FN7O9. The normalized spacial score (nSPS) is 18.2. The molecule has 1 unspecified atom stereocenters. The zero-order chi connectivity index (χ0) is 34.4. The third-order valence-corrected chi connectivity index (χ3v) is 8.20. The summed E-state index contributed by atoms with van der Waals surface area (Å²) in [6.45, 7) is 2.27. The molecule has 3 heterocycles. The lowest BCUT2D eigenvalue weighted by atomic mass is 10.1. The van der Waals surface area contributed by atoms with E-state index in [2.05, 4.69) is 15.7 Å². The molecule has 3 fully saturated rings. The maximum Gasteiger partial charge on any atom is 0.409 e. The summed E-state index contributed by atoms with van der Waals surface area (Å²) < 4.78 is 26.0. The van der Waals surface area contributed by atoms with E-state index < -0.39 is 60.7 Å². The van der Waals surface area contributed by atoms with Gasteiger partial charge in [-0.25, -0.2) is 13.9 Å². The van der Waals surface area contributed by atoms with Crippen LogP contribution in [-0.4, -0.2) is 129 Å². The van der Waals surface area contributed by atoms with Gasteiger partial charge in [-0.2, -0.15) is 5.10 Å². The van der Waals surface area contributed by atoms with Gasteiger partial charge in [0.05, 0.1) is 18.7 Å². The minimum atomic E-state index is -1.47. The highest BCUT2D eigenvalue weighted by Gasteiger charge is 2.37. The molecule has 3 aliphatic rings. The molecule has 1 saturated carbocycles. The van der Waals surface area contributed by atoms with Gasteiger partial charge in [0.2, 0.25) is 17.7 Å². The molecule has 17 heteroatoms. The molecule has 258 valence electrons. The molecule has 0 radical (unpaired) electrons. The number of aromatic nitrogens is 2. The van der Waals surface area contributed by atoms with Gasteiger partial charge < -0.3 is 39.9 Å². The van der Waals surface area contributed by atoms with E-state index in [1.54, 1.807) is 6.92 Å².